The number of aliphatic hydroxyl groups excluding tert-OH is 6. The van der Waals surface area contributed by atoms with Gasteiger partial charge in [-0.25, -0.2) is 0 Å². The van der Waals surface area contributed by atoms with Crippen molar-refractivity contribution in [2.45, 2.75) is 95.2 Å². The first-order valence-corrected chi connectivity index (χ1v) is 14.7. The van der Waals surface area contributed by atoms with Gasteiger partial charge in [0.15, 0.2) is 35.6 Å². The standard InChI is InChI=1S/C31H46O12/c1-20(32)13-22(34)15-24(14-21(2)33)42-30(36)11-12-31(37)43-25-18-40-28-9-5-3-7-26(28)38-16-23(35)17-39-27-8-4-6-10-29(27)41-19-25/h3-10,20-25,30-37H,11-19H2,1-2H3. The van der Waals surface area contributed by atoms with Crippen LogP contribution in [0.15, 0.2) is 48.5 Å². The van der Waals surface area contributed by atoms with E-state index in [4.69, 9.17) is 28.4 Å². The normalized spacial score (nSPS) is 22.0. The smallest absolute Gasteiger partial charge is 0.161 e. The lowest BCUT2D eigenvalue weighted by Crippen LogP contribution is -2.34. The van der Waals surface area contributed by atoms with Gasteiger partial charge in [0.2, 0.25) is 0 Å². The number of hydrogen-bond acceptors (Lipinski definition) is 12. The minimum absolute atomic E-state index is 0.00653. The Kier molecular flexibility index (Phi) is 14.7. The van der Waals surface area contributed by atoms with Crippen LogP contribution in [-0.4, -0.2) is 106 Å². The van der Waals surface area contributed by atoms with Crippen molar-refractivity contribution < 1.29 is 59.1 Å². The Morgan fingerprint density at radius 1 is 0.651 bits per heavy atom. The molecule has 2 aromatic rings. The molecule has 3 rings (SSSR count). The second-order valence-electron chi connectivity index (χ2n) is 10.9. The van der Waals surface area contributed by atoms with E-state index in [1.54, 1.807) is 62.4 Å². The first-order chi connectivity index (χ1) is 20.6. The fraction of sp³-hybridized carbons (Fsp3) is 0.613. The Labute approximate surface area is 252 Å². The maximum atomic E-state index is 10.7. The van der Waals surface area contributed by atoms with Crippen LogP contribution in [0.5, 0.6) is 23.0 Å². The van der Waals surface area contributed by atoms with Crippen LogP contribution in [0.25, 0.3) is 0 Å². The SMILES string of the molecule is CC(O)CC(O)CC(CC(C)O)OC(O)CCC(O)OC1COc2ccccc2OCC(O)COc2ccccc2OC1. The van der Waals surface area contributed by atoms with Crippen molar-refractivity contribution in [1.82, 2.24) is 0 Å². The van der Waals surface area contributed by atoms with Gasteiger partial charge in [-0.3, -0.25) is 0 Å². The molecule has 0 spiro atoms. The van der Waals surface area contributed by atoms with Gasteiger partial charge in [-0.15, -0.1) is 0 Å². The molecule has 1 heterocycles. The molecule has 43 heavy (non-hydrogen) atoms. The van der Waals surface area contributed by atoms with E-state index in [1.807, 2.05) is 0 Å². The molecule has 0 bridgehead atoms. The van der Waals surface area contributed by atoms with Gasteiger partial charge in [0.1, 0.15) is 38.6 Å². The molecular formula is C31H46O12. The highest BCUT2D eigenvalue weighted by atomic mass is 16.6. The number of fused-ring (bicyclic) bond motifs is 2. The van der Waals surface area contributed by atoms with Crippen molar-refractivity contribution in [3.8, 4) is 23.0 Å². The molecule has 6 unspecified atom stereocenters. The average Bonchev–Trinajstić information content (AvgIpc) is 2.95. The molecule has 0 saturated heterocycles. The lowest BCUT2D eigenvalue weighted by atomic mass is 10.0. The zero-order chi connectivity index (χ0) is 31.2. The van der Waals surface area contributed by atoms with Crippen LogP contribution in [0.1, 0.15) is 46.0 Å². The van der Waals surface area contributed by atoms with Crippen LogP contribution in [0, 0.1) is 0 Å². The molecule has 0 fully saturated rings. The molecule has 2 aromatic carbocycles. The molecule has 6 N–H and O–H groups in total. The Bertz CT molecular complexity index is 995. The minimum Gasteiger partial charge on any atom is -0.487 e. The van der Waals surface area contributed by atoms with Crippen LogP contribution >= 0.6 is 0 Å². The van der Waals surface area contributed by atoms with Gasteiger partial charge in [-0.1, -0.05) is 24.3 Å². The summed E-state index contributed by atoms with van der Waals surface area (Å²) >= 11 is 0. The Morgan fingerprint density at radius 2 is 1.09 bits per heavy atom. The van der Waals surface area contributed by atoms with E-state index in [-0.39, 0.29) is 58.5 Å². The number of ether oxygens (including phenoxy) is 6. The van der Waals surface area contributed by atoms with Crippen molar-refractivity contribution in [3.05, 3.63) is 48.5 Å². The molecule has 0 radical (unpaired) electrons. The van der Waals surface area contributed by atoms with Crippen LogP contribution in [0.4, 0.5) is 0 Å². The number of rotatable bonds is 13. The zero-order valence-corrected chi connectivity index (χ0v) is 24.7. The van der Waals surface area contributed by atoms with Crippen LogP contribution in [-0.2, 0) is 9.47 Å². The summed E-state index contributed by atoms with van der Waals surface area (Å²) in [6.07, 6.45) is -6.74. The summed E-state index contributed by atoms with van der Waals surface area (Å²) in [6, 6.07) is 13.9. The predicted molar refractivity (Wildman–Crippen MR) is 155 cm³/mol. The molecule has 242 valence electrons. The van der Waals surface area contributed by atoms with Crippen LogP contribution in [0.2, 0.25) is 0 Å². The summed E-state index contributed by atoms with van der Waals surface area (Å²) < 4.78 is 34.9. The van der Waals surface area contributed by atoms with Crippen molar-refractivity contribution >= 4 is 0 Å². The van der Waals surface area contributed by atoms with Gasteiger partial charge in [-0.05, 0) is 57.4 Å². The molecule has 0 aliphatic carbocycles. The predicted octanol–water partition coefficient (Wildman–Crippen LogP) is 1.76. The topological polar surface area (TPSA) is 177 Å². The van der Waals surface area contributed by atoms with Crippen molar-refractivity contribution in [2.75, 3.05) is 26.4 Å². The third kappa shape index (κ3) is 13.2. The van der Waals surface area contributed by atoms with Crippen molar-refractivity contribution in [3.63, 3.8) is 0 Å². The molecule has 6 atom stereocenters. The van der Waals surface area contributed by atoms with Gasteiger partial charge in [0, 0.05) is 12.8 Å². The third-order valence-corrected chi connectivity index (χ3v) is 6.52. The summed E-state index contributed by atoms with van der Waals surface area (Å²) in [5, 5.41) is 61.0. The summed E-state index contributed by atoms with van der Waals surface area (Å²) in [5.74, 6) is 1.68. The van der Waals surface area contributed by atoms with Crippen LogP contribution < -0.4 is 18.9 Å². The van der Waals surface area contributed by atoms with Gasteiger partial charge < -0.3 is 59.1 Å². The van der Waals surface area contributed by atoms with Gasteiger partial charge in [-0.2, -0.15) is 0 Å². The van der Waals surface area contributed by atoms with Crippen molar-refractivity contribution in [1.29, 1.82) is 0 Å². The van der Waals surface area contributed by atoms with E-state index < -0.39 is 49.2 Å². The monoisotopic (exact) mass is 610 g/mol. The first-order valence-electron chi connectivity index (χ1n) is 14.7. The summed E-state index contributed by atoms with van der Waals surface area (Å²) in [5.41, 5.74) is 0. The number of hydrogen-bond donors (Lipinski definition) is 6. The highest BCUT2D eigenvalue weighted by Gasteiger charge is 2.24. The molecule has 0 amide bonds. The van der Waals surface area contributed by atoms with E-state index >= 15 is 0 Å². The fourth-order valence-electron chi connectivity index (χ4n) is 4.54. The highest BCUT2D eigenvalue weighted by molar-refractivity contribution is 5.40. The van der Waals surface area contributed by atoms with Gasteiger partial charge >= 0.3 is 0 Å². The molecule has 12 heteroatoms. The number of benzene rings is 2. The van der Waals surface area contributed by atoms with E-state index in [1.165, 1.54) is 0 Å². The quantitative estimate of drug-likeness (QED) is 0.182. The van der Waals surface area contributed by atoms with Gasteiger partial charge in [0.05, 0.1) is 24.4 Å². The number of para-hydroxylation sites is 4. The summed E-state index contributed by atoms with van der Waals surface area (Å²) in [6.45, 7) is 3.07. The first kappa shape index (κ1) is 34.8. The summed E-state index contributed by atoms with van der Waals surface area (Å²) in [7, 11) is 0. The maximum Gasteiger partial charge on any atom is 0.161 e. The molecular weight excluding hydrogens is 564 g/mol. The molecule has 0 saturated carbocycles. The van der Waals surface area contributed by atoms with Gasteiger partial charge in [0.25, 0.3) is 0 Å². The molecule has 0 aromatic heterocycles. The third-order valence-electron chi connectivity index (χ3n) is 6.52. The lowest BCUT2D eigenvalue weighted by molar-refractivity contribution is -0.184. The van der Waals surface area contributed by atoms with Crippen molar-refractivity contribution in [2.24, 2.45) is 0 Å². The lowest BCUT2D eigenvalue weighted by Gasteiger charge is -2.27. The Morgan fingerprint density at radius 3 is 1.56 bits per heavy atom. The van der Waals surface area contributed by atoms with Crippen LogP contribution in [0.3, 0.4) is 0 Å². The second kappa shape index (κ2) is 18.2. The maximum absolute atomic E-state index is 10.7. The summed E-state index contributed by atoms with van der Waals surface area (Å²) in [4.78, 5) is 0. The Hall–Kier alpha value is -2.68. The van der Waals surface area contributed by atoms with E-state index in [9.17, 15) is 30.6 Å². The van der Waals surface area contributed by atoms with E-state index in [2.05, 4.69) is 0 Å². The van der Waals surface area contributed by atoms with E-state index in [0.29, 0.717) is 23.0 Å². The largest absolute Gasteiger partial charge is 0.487 e. The van der Waals surface area contributed by atoms with E-state index in [0.717, 1.165) is 0 Å². The molecule has 12 nitrogen and oxygen atoms in total. The average molecular weight is 611 g/mol. The highest BCUT2D eigenvalue weighted by Crippen LogP contribution is 2.29. The second-order valence-corrected chi connectivity index (χ2v) is 10.9. The fourth-order valence-corrected chi connectivity index (χ4v) is 4.54. The Balaban J connectivity index is 1.61. The number of aliphatic hydroxyl groups is 6. The molecule has 1 aliphatic rings. The zero-order valence-electron chi connectivity index (χ0n) is 24.7. The minimum atomic E-state index is -1.31. The molecule has 1 aliphatic heterocycles.